The summed E-state index contributed by atoms with van der Waals surface area (Å²) in [6.07, 6.45) is 0.720. The summed E-state index contributed by atoms with van der Waals surface area (Å²) in [5.74, 6) is 0.845. The Morgan fingerprint density at radius 1 is 1.13 bits per heavy atom. The van der Waals surface area contributed by atoms with Gasteiger partial charge in [-0.25, -0.2) is 4.68 Å². The Bertz CT molecular complexity index is 793. The summed E-state index contributed by atoms with van der Waals surface area (Å²) in [5, 5.41) is 8.52. The van der Waals surface area contributed by atoms with Crippen LogP contribution in [-0.2, 0) is 13.0 Å². The highest BCUT2D eigenvalue weighted by molar-refractivity contribution is 5.38. The minimum atomic E-state index is 0.372. The van der Waals surface area contributed by atoms with E-state index in [9.17, 15) is 0 Å². The smallest absolute Gasteiger partial charge is 0.118 e. The standard InChI is InChI=1S/C18H20N4O/c1-13-4-3-5-15(10-13)22-18(17(12-19)20-21-22)11-14-6-8-16(23-2)9-7-14/h3-10H,11-12,19H2,1-2H3. The molecule has 2 aromatic carbocycles. The van der Waals surface area contributed by atoms with Crippen LogP contribution in [0, 0.1) is 6.92 Å². The topological polar surface area (TPSA) is 66.0 Å². The van der Waals surface area contributed by atoms with Crippen molar-refractivity contribution in [1.29, 1.82) is 0 Å². The fraction of sp³-hybridized carbons (Fsp3) is 0.222. The average molecular weight is 308 g/mol. The van der Waals surface area contributed by atoms with E-state index in [-0.39, 0.29) is 0 Å². The Kier molecular flexibility index (Phi) is 4.39. The number of hydrogen-bond acceptors (Lipinski definition) is 4. The van der Waals surface area contributed by atoms with Crippen molar-refractivity contribution in [2.75, 3.05) is 7.11 Å². The molecule has 1 aromatic heterocycles. The third kappa shape index (κ3) is 3.24. The zero-order chi connectivity index (χ0) is 16.2. The van der Waals surface area contributed by atoms with Crippen LogP contribution in [0.1, 0.15) is 22.5 Å². The van der Waals surface area contributed by atoms with Crippen LogP contribution >= 0.6 is 0 Å². The van der Waals surface area contributed by atoms with Gasteiger partial charge in [-0.1, -0.05) is 29.5 Å². The maximum Gasteiger partial charge on any atom is 0.118 e. The van der Waals surface area contributed by atoms with Crippen LogP contribution in [0.5, 0.6) is 5.75 Å². The van der Waals surface area contributed by atoms with Crippen molar-refractivity contribution >= 4 is 0 Å². The number of rotatable bonds is 5. The van der Waals surface area contributed by atoms with Crippen LogP contribution < -0.4 is 10.5 Å². The Labute approximate surface area is 135 Å². The van der Waals surface area contributed by atoms with Gasteiger partial charge >= 0.3 is 0 Å². The number of nitrogens with two attached hydrogens (primary N) is 1. The minimum Gasteiger partial charge on any atom is -0.497 e. The molecular formula is C18H20N4O. The maximum atomic E-state index is 5.84. The summed E-state index contributed by atoms with van der Waals surface area (Å²) < 4.78 is 7.08. The highest BCUT2D eigenvalue weighted by Gasteiger charge is 2.14. The van der Waals surface area contributed by atoms with Gasteiger partial charge in [0.1, 0.15) is 11.4 Å². The lowest BCUT2D eigenvalue weighted by Gasteiger charge is -2.09. The van der Waals surface area contributed by atoms with Gasteiger partial charge < -0.3 is 10.5 Å². The van der Waals surface area contributed by atoms with Gasteiger partial charge in [0.2, 0.25) is 0 Å². The molecule has 0 saturated carbocycles. The number of ether oxygens (including phenoxy) is 1. The van der Waals surface area contributed by atoms with Crippen molar-refractivity contribution in [3.8, 4) is 11.4 Å². The van der Waals surface area contributed by atoms with Gasteiger partial charge in [-0.05, 0) is 42.3 Å². The molecule has 0 aliphatic rings. The summed E-state index contributed by atoms with van der Waals surface area (Å²) >= 11 is 0. The zero-order valence-electron chi connectivity index (χ0n) is 13.4. The van der Waals surface area contributed by atoms with Gasteiger partial charge in [-0.3, -0.25) is 0 Å². The largest absolute Gasteiger partial charge is 0.497 e. The molecule has 5 heteroatoms. The first kappa shape index (κ1) is 15.2. The highest BCUT2D eigenvalue weighted by atomic mass is 16.5. The van der Waals surface area contributed by atoms with E-state index in [0.717, 1.165) is 34.8 Å². The predicted octanol–water partition coefficient (Wildman–Crippen LogP) is 2.63. The van der Waals surface area contributed by atoms with Crippen LogP contribution in [-0.4, -0.2) is 22.1 Å². The van der Waals surface area contributed by atoms with Crippen molar-refractivity contribution in [2.45, 2.75) is 19.9 Å². The Balaban J connectivity index is 1.98. The second-order valence-electron chi connectivity index (χ2n) is 5.46. The van der Waals surface area contributed by atoms with E-state index in [4.69, 9.17) is 10.5 Å². The van der Waals surface area contributed by atoms with Crippen LogP contribution in [0.25, 0.3) is 5.69 Å². The maximum absolute atomic E-state index is 5.84. The first-order chi connectivity index (χ1) is 11.2. The lowest BCUT2D eigenvalue weighted by Crippen LogP contribution is -2.07. The molecule has 2 N–H and O–H groups in total. The summed E-state index contributed by atoms with van der Waals surface area (Å²) in [6, 6.07) is 16.2. The van der Waals surface area contributed by atoms with Gasteiger partial charge in [0.25, 0.3) is 0 Å². The minimum absolute atomic E-state index is 0.372. The van der Waals surface area contributed by atoms with Gasteiger partial charge in [0.15, 0.2) is 0 Å². The number of nitrogens with zero attached hydrogens (tertiary/aromatic N) is 3. The van der Waals surface area contributed by atoms with Crippen molar-refractivity contribution in [2.24, 2.45) is 5.73 Å². The highest BCUT2D eigenvalue weighted by Crippen LogP contribution is 2.19. The number of aryl methyl sites for hydroxylation is 1. The molecule has 0 bridgehead atoms. The quantitative estimate of drug-likeness (QED) is 0.787. The lowest BCUT2D eigenvalue weighted by atomic mass is 10.1. The van der Waals surface area contributed by atoms with E-state index in [1.54, 1.807) is 7.11 Å². The van der Waals surface area contributed by atoms with Crippen molar-refractivity contribution < 1.29 is 4.74 Å². The van der Waals surface area contributed by atoms with E-state index in [1.807, 2.05) is 41.1 Å². The molecule has 0 saturated heterocycles. The monoisotopic (exact) mass is 308 g/mol. The molecule has 0 fully saturated rings. The third-order valence-corrected chi connectivity index (χ3v) is 3.81. The van der Waals surface area contributed by atoms with Crippen LogP contribution in [0.2, 0.25) is 0 Å². The second-order valence-corrected chi connectivity index (χ2v) is 5.46. The molecule has 3 aromatic rings. The normalized spacial score (nSPS) is 10.7. The van der Waals surface area contributed by atoms with E-state index in [1.165, 1.54) is 5.56 Å². The molecular weight excluding hydrogens is 288 g/mol. The molecule has 0 amide bonds. The molecule has 0 aliphatic carbocycles. The Morgan fingerprint density at radius 3 is 2.57 bits per heavy atom. The summed E-state index contributed by atoms with van der Waals surface area (Å²) in [4.78, 5) is 0. The fourth-order valence-electron chi connectivity index (χ4n) is 2.57. The number of hydrogen-bond donors (Lipinski definition) is 1. The van der Waals surface area contributed by atoms with Crippen LogP contribution in [0.3, 0.4) is 0 Å². The second kappa shape index (κ2) is 6.62. The van der Waals surface area contributed by atoms with Crippen LogP contribution in [0.4, 0.5) is 0 Å². The molecule has 23 heavy (non-hydrogen) atoms. The first-order valence-corrected chi connectivity index (χ1v) is 7.54. The average Bonchev–Trinajstić information content (AvgIpc) is 2.98. The van der Waals surface area contributed by atoms with Crippen molar-refractivity contribution in [3.05, 3.63) is 71.0 Å². The third-order valence-electron chi connectivity index (χ3n) is 3.81. The Hall–Kier alpha value is -2.66. The molecule has 5 nitrogen and oxygen atoms in total. The van der Waals surface area contributed by atoms with Gasteiger partial charge in [-0.2, -0.15) is 0 Å². The summed E-state index contributed by atoms with van der Waals surface area (Å²) in [6.45, 7) is 2.44. The molecule has 0 atom stereocenters. The van der Waals surface area contributed by atoms with E-state index < -0.39 is 0 Å². The van der Waals surface area contributed by atoms with Gasteiger partial charge in [0, 0.05) is 13.0 Å². The first-order valence-electron chi connectivity index (χ1n) is 7.54. The van der Waals surface area contributed by atoms with Gasteiger partial charge in [-0.15, -0.1) is 5.10 Å². The number of methoxy groups -OCH3 is 1. The molecule has 118 valence electrons. The number of aromatic nitrogens is 3. The van der Waals surface area contributed by atoms with E-state index >= 15 is 0 Å². The predicted molar refractivity (Wildman–Crippen MR) is 89.8 cm³/mol. The SMILES string of the molecule is COc1ccc(Cc2c(CN)nnn2-c2cccc(C)c2)cc1. The molecule has 0 spiro atoms. The summed E-state index contributed by atoms with van der Waals surface area (Å²) in [7, 11) is 1.66. The number of benzene rings is 2. The van der Waals surface area contributed by atoms with Crippen LogP contribution in [0.15, 0.2) is 48.5 Å². The Morgan fingerprint density at radius 2 is 1.91 bits per heavy atom. The zero-order valence-corrected chi connectivity index (χ0v) is 13.4. The van der Waals surface area contributed by atoms with E-state index in [0.29, 0.717) is 6.54 Å². The lowest BCUT2D eigenvalue weighted by molar-refractivity contribution is 0.414. The molecule has 1 heterocycles. The molecule has 3 rings (SSSR count). The molecule has 0 radical (unpaired) electrons. The van der Waals surface area contributed by atoms with Crippen molar-refractivity contribution in [3.63, 3.8) is 0 Å². The molecule has 0 aliphatic heterocycles. The fourth-order valence-corrected chi connectivity index (χ4v) is 2.57. The molecule has 0 unspecified atom stereocenters. The van der Waals surface area contributed by atoms with E-state index in [2.05, 4.69) is 29.4 Å². The summed E-state index contributed by atoms with van der Waals surface area (Å²) in [5.41, 5.74) is 11.0. The van der Waals surface area contributed by atoms with Crippen molar-refractivity contribution in [1.82, 2.24) is 15.0 Å². The van der Waals surface area contributed by atoms with Gasteiger partial charge in [0.05, 0.1) is 18.5 Å².